The second kappa shape index (κ2) is 8.63. The molecule has 0 amide bonds. The Morgan fingerprint density at radius 2 is 1.77 bits per heavy atom. The number of anilines is 2. The van der Waals surface area contributed by atoms with Gasteiger partial charge in [-0.1, -0.05) is 60.1 Å². The Balaban J connectivity index is 1.75. The first-order valence-electron chi connectivity index (χ1n) is 8.61. The second-order valence-electron chi connectivity index (χ2n) is 6.29. The minimum atomic E-state index is 0.281. The molecule has 0 spiro atoms. The fourth-order valence-corrected chi connectivity index (χ4v) is 2.84. The molecular formula is C20H22ClN5. The van der Waals surface area contributed by atoms with Crippen LogP contribution in [0.15, 0.2) is 60.8 Å². The van der Waals surface area contributed by atoms with E-state index in [1.807, 2.05) is 42.5 Å². The SMILES string of the molecule is CC(C)N(Cc1ccccc1)c1cnnc(NCc2ccccc2Cl)n1. The van der Waals surface area contributed by atoms with Crippen molar-refractivity contribution in [3.8, 4) is 0 Å². The number of aromatic nitrogens is 3. The third-order valence-electron chi connectivity index (χ3n) is 4.05. The van der Waals surface area contributed by atoms with E-state index in [2.05, 4.69) is 51.4 Å². The predicted octanol–water partition coefficient (Wildman–Crippen LogP) is 4.55. The molecule has 1 heterocycles. The van der Waals surface area contributed by atoms with E-state index in [1.165, 1.54) is 5.56 Å². The third kappa shape index (κ3) is 4.70. The van der Waals surface area contributed by atoms with Crippen LogP contribution in [0.5, 0.6) is 0 Å². The number of nitrogens with zero attached hydrogens (tertiary/aromatic N) is 4. The molecule has 0 unspecified atom stereocenters. The van der Waals surface area contributed by atoms with Gasteiger partial charge in [0.2, 0.25) is 5.95 Å². The number of hydrogen-bond acceptors (Lipinski definition) is 5. The van der Waals surface area contributed by atoms with Crippen LogP contribution in [0, 0.1) is 0 Å². The van der Waals surface area contributed by atoms with Crippen LogP contribution < -0.4 is 10.2 Å². The van der Waals surface area contributed by atoms with Gasteiger partial charge in [-0.05, 0) is 31.0 Å². The average Bonchev–Trinajstić information content (AvgIpc) is 2.66. The smallest absolute Gasteiger partial charge is 0.244 e. The maximum atomic E-state index is 6.20. The van der Waals surface area contributed by atoms with Crippen LogP contribution in [0.2, 0.25) is 5.02 Å². The molecule has 0 radical (unpaired) electrons. The third-order valence-corrected chi connectivity index (χ3v) is 4.42. The van der Waals surface area contributed by atoms with E-state index < -0.39 is 0 Å². The van der Waals surface area contributed by atoms with Crippen molar-refractivity contribution in [3.05, 3.63) is 76.9 Å². The van der Waals surface area contributed by atoms with Crippen LogP contribution in [0.3, 0.4) is 0 Å². The number of nitrogens with one attached hydrogen (secondary N) is 1. The van der Waals surface area contributed by atoms with Gasteiger partial charge in [0.15, 0.2) is 5.82 Å². The first-order chi connectivity index (χ1) is 12.6. The molecule has 3 aromatic rings. The molecule has 2 aromatic carbocycles. The average molecular weight is 368 g/mol. The first kappa shape index (κ1) is 18.1. The van der Waals surface area contributed by atoms with Crippen molar-refractivity contribution in [2.24, 2.45) is 0 Å². The summed E-state index contributed by atoms with van der Waals surface area (Å²) in [4.78, 5) is 6.83. The fourth-order valence-electron chi connectivity index (χ4n) is 2.63. The van der Waals surface area contributed by atoms with Crippen LogP contribution in [0.25, 0.3) is 0 Å². The summed E-state index contributed by atoms with van der Waals surface area (Å²) in [5.41, 5.74) is 2.22. The Kier molecular flexibility index (Phi) is 6.02. The molecule has 1 aromatic heterocycles. The van der Waals surface area contributed by atoms with Crippen molar-refractivity contribution in [2.45, 2.75) is 33.0 Å². The monoisotopic (exact) mass is 367 g/mol. The van der Waals surface area contributed by atoms with E-state index in [0.717, 1.165) is 22.9 Å². The first-order valence-corrected chi connectivity index (χ1v) is 8.99. The molecule has 0 fully saturated rings. The molecule has 134 valence electrons. The lowest BCUT2D eigenvalue weighted by atomic mass is 10.2. The number of hydrogen-bond donors (Lipinski definition) is 1. The Morgan fingerprint density at radius 3 is 2.50 bits per heavy atom. The molecule has 0 saturated heterocycles. The maximum absolute atomic E-state index is 6.20. The molecule has 6 heteroatoms. The molecule has 0 aliphatic carbocycles. The van der Waals surface area contributed by atoms with Gasteiger partial charge < -0.3 is 10.2 Å². The summed E-state index contributed by atoms with van der Waals surface area (Å²) in [5, 5.41) is 12.1. The summed E-state index contributed by atoms with van der Waals surface area (Å²) in [6, 6.07) is 18.3. The molecule has 0 aliphatic heterocycles. The van der Waals surface area contributed by atoms with Gasteiger partial charge in [-0.25, -0.2) is 0 Å². The van der Waals surface area contributed by atoms with Crippen LogP contribution in [-0.4, -0.2) is 21.2 Å². The van der Waals surface area contributed by atoms with Gasteiger partial charge in [0.1, 0.15) is 0 Å². The zero-order chi connectivity index (χ0) is 18.4. The molecule has 1 N–H and O–H groups in total. The Bertz CT molecular complexity index is 838. The topological polar surface area (TPSA) is 53.9 Å². The minimum Gasteiger partial charge on any atom is -0.349 e. The van der Waals surface area contributed by atoms with Crippen LogP contribution in [0.1, 0.15) is 25.0 Å². The Hall–Kier alpha value is -2.66. The van der Waals surface area contributed by atoms with E-state index in [1.54, 1.807) is 6.20 Å². The van der Waals surface area contributed by atoms with Crippen molar-refractivity contribution in [2.75, 3.05) is 10.2 Å². The molecule has 0 aliphatic rings. The highest BCUT2D eigenvalue weighted by atomic mass is 35.5. The summed E-state index contributed by atoms with van der Waals surface area (Å²) in [5.74, 6) is 1.28. The van der Waals surface area contributed by atoms with Crippen molar-refractivity contribution in [1.29, 1.82) is 0 Å². The van der Waals surface area contributed by atoms with E-state index in [4.69, 9.17) is 11.6 Å². The van der Waals surface area contributed by atoms with Gasteiger partial charge in [-0.2, -0.15) is 10.1 Å². The summed E-state index contributed by atoms with van der Waals surface area (Å²) in [7, 11) is 0. The molecule has 0 atom stereocenters. The lowest BCUT2D eigenvalue weighted by Crippen LogP contribution is -2.31. The lowest BCUT2D eigenvalue weighted by Gasteiger charge is -2.27. The van der Waals surface area contributed by atoms with Gasteiger partial charge >= 0.3 is 0 Å². The largest absolute Gasteiger partial charge is 0.349 e. The Labute approximate surface area is 159 Å². The fraction of sp³-hybridized carbons (Fsp3) is 0.250. The summed E-state index contributed by atoms with van der Waals surface area (Å²) >= 11 is 6.20. The van der Waals surface area contributed by atoms with Gasteiger partial charge in [0.05, 0.1) is 6.20 Å². The lowest BCUT2D eigenvalue weighted by molar-refractivity contribution is 0.667. The van der Waals surface area contributed by atoms with Gasteiger partial charge in [0.25, 0.3) is 0 Å². The number of benzene rings is 2. The predicted molar refractivity (Wildman–Crippen MR) is 106 cm³/mol. The van der Waals surface area contributed by atoms with Gasteiger partial charge in [-0.3, -0.25) is 0 Å². The summed E-state index contributed by atoms with van der Waals surface area (Å²) < 4.78 is 0. The highest BCUT2D eigenvalue weighted by Crippen LogP contribution is 2.19. The van der Waals surface area contributed by atoms with Gasteiger partial charge in [0, 0.05) is 24.2 Å². The van der Waals surface area contributed by atoms with E-state index in [9.17, 15) is 0 Å². The minimum absolute atomic E-state index is 0.281. The van der Waals surface area contributed by atoms with Crippen molar-refractivity contribution in [3.63, 3.8) is 0 Å². The molecule has 3 rings (SSSR count). The molecule has 0 saturated carbocycles. The number of halogens is 1. The summed E-state index contributed by atoms with van der Waals surface area (Å²) in [6.07, 6.45) is 1.70. The zero-order valence-corrected chi connectivity index (χ0v) is 15.7. The quantitative estimate of drug-likeness (QED) is 0.663. The van der Waals surface area contributed by atoms with E-state index >= 15 is 0 Å². The highest BCUT2D eigenvalue weighted by molar-refractivity contribution is 6.31. The normalized spacial score (nSPS) is 10.8. The maximum Gasteiger partial charge on any atom is 0.244 e. The second-order valence-corrected chi connectivity index (χ2v) is 6.70. The highest BCUT2D eigenvalue weighted by Gasteiger charge is 2.14. The van der Waals surface area contributed by atoms with Crippen molar-refractivity contribution in [1.82, 2.24) is 15.2 Å². The van der Waals surface area contributed by atoms with Crippen LogP contribution in [0.4, 0.5) is 11.8 Å². The van der Waals surface area contributed by atoms with E-state index in [0.29, 0.717) is 12.5 Å². The Morgan fingerprint density at radius 1 is 1.04 bits per heavy atom. The molecule has 5 nitrogen and oxygen atoms in total. The van der Waals surface area contributed by atoms with Crippen LogP contribution in [-0.2, 0) is 13.1 Å². The van der Waals surface area contributed by atoms with Gasteiger partial charge in [-0.15, -0.1) is 5.10 Å². The molecule has 0 bridgehead atoms. The molecule has 26 heavy (non-hydrogen) atoms. The van der Waals surface area contributed by atoms with Crippen molar-refractivity contribution < 1.29 is 0 Å². The zero-order valence-electron chi connectivity index (χ0n) is 14.9. The van der Waals surface area contributed by atoms with Crippen molar-refractivity contribution >= 4 is 23.4 Å². The summed E-state index contributed by atoms with van der Waals surface area (Å²) in [6.45, 7) is 5.59. The molecular weight excluding hydrogens is 346 g/mol. The van der Waals surface area contributed by atoms with Crippen LogP contribution >= 0.6 is 11.6 Å². The van der Waals surface area contributed by atoms with E-state index in [-0.39, 0.29) is 6.04 Å². The number of rotatable bonds is 7. The standard InChI is InChI=1S/C20H22ClN5/c1-15(2)26(14-16-8-4-3-5-9-16)19-13-23-25-20(24-19)22-12-17-10-6-7-11-18(17)21/h3-11,13,15H,12,14H2,1-2H3,(H,22,24,25).